The van der Waals surface area contributed by atoms with E-state index in [0.717, 1.165) is 69.5 Å². The van der Waals surface area contributed by atoms with Crippen molar-refractivity contribution in [1.82, 2.24) is 19.6 Å². The number of carboxylic acid groups (broad SMARTS) is 1. The van der Waals surface area contributed by atoms with Crippen molar-refractivity contribution in [1.29, 1.82) is 0 Å². The fourth-order valence-corrected chi connectivity index (χ4v) is 7.75. The molecule has 4 atom stereocenters. The van der Waals surface area contributed by atoms with Gasteiger partial charge in [0.2, 0.25) is 0 Å². The summed E-state index contributed by atoms with van der Waals surface area (Å²) < 4.78 is 16.5. The summed E-state index contributed by atoms with van der Waals surface area (Å²) in [6.07, 6.45) is 4.85. The maximum absolute atomic E-state index is 14.3. The lowest BCUT2D eigenvalue weighted by Crippen LogP contribution is -2.47. The summed E-state index contributed by atoms with van der Waals surface area (Å²) in [5.41, 5.74) is 6.11. The van der Waals surface area contributed by atoms with Crippen LogP contribution in [0.2, 0.25) is 0 Å². The van der Waals surface area contributed by atoms with E-state index in [0.29, 0.717) is 11.8 Å². The third-order valence-electron chi connectivity index (χ3n) is 10.0. The van der Waals surface area contributed by atoms with Gasteiger partial charge in [0.15, 0.2) is 0 Å². The fraction of sp³-hybridized carbons (Fsp3) is 0.556. The van der Waals surface area contributed by atoms with Crippen molar-refractivity contribution >= 4 is 5.97 Å². The molecule has 0 spiro atoms. The van der Waals surface area contributed by atoms with Crippen molar-refractivity contribution < 1.29 is 14.3 Å². The summed E-state index contributed by atoms with van der Waals surface area (Å²) >= 11 is 0. The van der Waals surface area contributed by atoms with Gasteiger partial charge in [-0.1, -0.05) is 55.8 Å². The van der Waals surface area contributed by atoms with E-state index >= 15 is 0 Å². The molecule has 6 nitrogen and oxygen atoms in total. The molecule has 43 heavy (non-hydrogen) atoms. The number of nitrogens with zero attached hydrogens (tertiary/aromatic N) is 4. The van der Waals surface area contributed by atoms with Crippen LogP contribution in [0, 0.1) is 24.6 Å². The molecule has 2 aromatic carbocycles. The van der Waals surface area contributed by atoms with Crippen LogP contribution in [0.5, 0.6) is 0 Å². The van der Waals surface area contributed by atoms with E-state index in [1.807, 2.05) is 33.0 Å². The highest BCUT2D eigenvalue weighted by atomic mass is 19.1. The van der Waals surface area contributed by atoms with Crippen LogP contribution in [0.4, 0.5) is 4.39 Å². The minimum absolute atomic E-state index is 0.0159. The first-order chi connectivity index (χ1) is 20.6. The van der Waals surface area contributed by atoms with Gasteiger partial charge in [-0.3, -0.25) is 14.4 Å². The van der Waals surface area contributed by atoms with Crippen molar-refractivity contribution in [3.05, 3.63) is 88.5 Å². The lowest BCUT2D eigenvalue weighted by atomic mass is 9.87. The number of aromatic nitrogens is 2. The van der Waals surface area contributed by atoms with Gasteiger partial charge in [0.25, 0.3) is 0 Å². The molecule has 2 aliphatic rings. The normalized spacial score (nSPS) is 22.5. The maximum atomic E-state index is 14.3. The van der Waals surface area contributed by atoms with Gasteiger partial charge in [-0.25, -0.2) is 4.39 Å². The van der Waals surface area contributed by atoms with E-state index in [9.17, 15) is 14.3 Å². The monoisotopic (exact) mass is 588 g/mol. The zero-order chi connectivity index (χ0) is 30.7. The third-order valence-corrected chi connectivity index (χ3v) is 10.0. The molecule has 2 fully saturated rings. The molecule has 2 heterocycles. The highest BCUT2D eigenvalue weighted by Gasteiger charge is 2.42. The van der Waals surface area contributed by atoms with Gasteiger partial charge in [-0.05, 0) is 107 Å². The Hall–Kier alpha value is -3.03. The van der Waals surface area contributed by atoms with E-state index in [1.165, 1.54) is 22.9 Å². The quantitative estimate of drug-likeness (QED) is 0.269. The van der Waals surface area contributed by atoms with Gasteiger partial charge >= 0.3 is 5.97 Å². The predicted molar refractivity (Wildman–Crippen MR) is 170 cm³/mol. The molecule has 5 rings (SSSR count). The highest BCUT2D eigenvalue weighted by Crippen LogP contribution is 2.43. The maximum Gasteiger partial charge on any atom is 0.321 e. The summed E-state index contributed by atoms with van der Waals surface area (Å²) in [6.45, 7) is 12.2. The topological polar surface area (TPSA) is 61.6 Å². The fourth-order valence-electron chi connectivity index (χ4n) is 7.75. The molecular weight excluding hydrogens is 539 g/mol. The number of benzene rings is 2. The van der Waals surface area contributed by atoms with Crippen molar-refractivity contribution in [3.63, 3.8) is 0 Å². The highest BCUT2D eigenvalue weighted by molar-refractivity contribution is 5.73. The molecule has 1 aliphatic heterocycles. The van der Waals surface area contributed by atoms with Crippen LogP contribution in [0.1, 0.15) is 86.4 Å². The number of likely N-dealkylation sites (tertiary alicyclic amines) is 1. The second kappa shape index (κ2) is 13.7. The molecule has 7 heteroatoms. The number of carbonyl (C=O) groups is 1. The first-order valence-electron chi connectivity index (χ1n) is 16.2. The molecule has 3 unspecified atom stereocenters. The Labute approximate surface area is 256 Å². The van der Waals surface area contributed by atoms with Crippen LogP contribution in [-0.2, 0) is 17.8 Å². The largest absolute Gasteiger partial charge is 0.480 e. The van der Waals surface area contributed by atoms with E-state index < -0.39 is 12.0 Å². The first kappa shape index (κ1) is 31.4. The molecule has 1 saturated carbocycles. The molecule has 0 amide bonds. The number of hydrogen-bond donors (Lipinski definition) is 1. The number of likely N-dealkylation sites (N-methyl/N-ethyl adjacent to an activating group) is 1. The summed E-state index contributed by atoms with van der Waals surface area (Å²) in [4.78, 5) is 16.8. The number of aliphatic carboxylic acids is 1. The number of halogens is 1. The summed E-state index contributed by atoms with van der Waals surface area (Å²) in [5, 5.41) is 14.9. The molecule has 232 valence electrons. The van der Waals surface area contributed by atoms with Crippen LogP contribution in [-0.4, -0.2) is 69.4 Å². The minimum atomic E-state index is -0.765. The molecule has 0 radical (unpaired) electrons. The zero-order valence-corrected chi connectivity index (χ0v) is 26.5. The Balaban J connectivity index is 1.26. The molecule has 1 saturated heterocycles. The Kier molecular flexibility index (Phi) is 10.0. The van der Waals surface area contributed by atoms with Gasteiger partial charge in [0, 0.05) is 37.2 Å². The van der Waals surface area contributed by atoms with Crippen LogP contribution in [0.3, 0.4) is 0 Å². The molecule has 1 aromatic heterocycles. The lowest BCUT2D eigenvalue weighted by Gasteiger charge is -2.35. The van der Waals surface area contributed by atoms with Crippen molar-refractivity contribution in [2.24, 2.45) is 11.8 Å². The van der Waals surface area contributed by atoms with Gasteiger partial charge in [-0.15, -0.1) is 0 Å². The number of carboxylic acids is 1. The summed E-state index contributed by atoms with van der Waals surface area (Å²) in [7, 11) is 1.96. The van der Waals surface area contributed by atoms with Crippen molar-refractivity contribution in [3.8, 4) is 0 Å². The number of hydrogen-bond acceptors (Lipinski definition) is 4. The second-order valence-electron chi connectivity index (χ2n) is 13.4. The van der Waals surface area contributed by atoms with E-state index in [1.54, 1.807) is 6.07 Å². The Morgan fingerprint density at radius 3 is 2.44 bits per heavy atom. The molecule has 1 aliphatic carbocycles. The lowest BCUT2D eigenvalue weighted by molar-refractivity contribution is -0.145. The first-order valence-corrected chi connectivity index (χ1v) is 16.2. The molecule has 3 aromatic rings. The Morgan fingerprint density at radius 1 is 1.09 bits per heavy atom. The van der Waals surface area contributed by atoms with E-state index in [-0.39, 0.29) is 23.7 Å². The van der Waals surface area contributed by atoms with E-state index in [2.05, 4.69) is 58.7 Å². The Bertz CT molecular complexity index is 1360. The average molecular weight is 589 g/mol. The summed E-state index contributed by atoms with van der Waals surface area (Å²) in [5.74, 6) is 0.122. The van der Waals surface area contributed by atoms with Crippen LogP contribution in [0.15, 0.2) is 54.6 Å². The standard InChI is InChI=1S/C36H49FN4O2/c1-6-41-34(21-31(38-41)18-26-12-10-25(4)11-13-26)27-14-16-40(17-15-27)23-29-20-32(39(5)35(24(2)3)36(42)43)22-33(29)28-8-7-9-30(37)19-28/h7-13,19,21,24,27,29,32-33,35H,6,14-18,20,22-23H2,1-5H3,(H,42,43)/t29?,32?,33?,35-/m1/s1. The van der Waals surface area contributed by atoms with Crippen LogP contribution in [0.25, 0.3) is 0 Å². The van der Waals surface area contributed by atoms with Gasteiger partial charge in [0.1, 0.15) is 11.9 Å². The van der Waals surface area contributed by atoms with Crippen molar-refractivity contribution in [2.75, 3.05) is 26.7 Å². The van der Waals surface area contributed by atoms with Crippen LogP contribution < -0.4 is 0 Å². The average Bonchev–Trinajstić information content (AvgIpc) is 3.58. The smallest absolute Gasteiger partial charge is 0.321 e. The van der Waals surface area contributed by atoms with Crippen LogP contribution >= 0.6 is 0 Å². The molecule has 0 bridgehead atoms. The van der Waals surface area contributed by atoms with Crippen molar-refractivity contribution in [2.45, 2.75) is 90.3 Å². The second-order valence-corrected chi connectivity index (χ2v) is 13.4. The minimum Gasteiger partial charge on any atom is -0.480 e. The number of rotatable bonds is 11. The number of piperidine rings is 1. The SMILES string of the molecule is CCn1nc(Cc2ccc(C)cc2)cc1C1CCN(CC2CC(N(C)[C@@H](C(=O)O)C(C)C)CC2c2cccc(F)c2)CC1. The molecule has 1 N–H and O–H groups in total. The van der Waals surface area contributed by atoms with Gasteiger partial charge < -0.3 is 10.0 Å². The van der Waals surface area contributed by atoms with E-state index in [4.69, 9.17) is 5.10 Å². The van der Waals surface area contributed by atoms with Gasteiger partial charge in [-0.2, -0.15) is 5.10 Å². The third kappa shape index (κ3) is 7.38. The zero-order valence-electron chi connectivity index (χ0n) is 26.5. The summed E-state index contributed by atoms with van der Waals surface area (Å²) in [6, 6.07) is 17.7. The predicted octanol–water partition coefficient (Wildman–Crippen LogP) is 6.72. The Morgan fingerprint density at radius 2 is 1.81 bits per heavy atom. The molecular formula is C36H49FN4O2. The van der Waals surface area contributed by atoms with Gasteiger partial charge in [0.05, 0.1) is 5.69 Å². The number of aryl methyl sites for hydroxylation is 2.